The number of benzene rings is 1. The predicted octanol–water partition coefficient (Wildman–Crippen LogP) is 2.45. The van der Waals surface area contributed by atoms with E-state index >= 15 is 0 Å². The molecule has 1 heterocycles. The van der Waals surface area contributed by atoms with Gasteiger partial charge in [-0.15, -0.1) is 0 Å². The van der Waals surface area contributed by atoms with Crippen LogP contribution >= 0.6 is 0 Å². The van der Waals surface area contributed by atoms with Gasteiger partial charge in [-0.25, -0.2) is 0 Å². The fourth-order valence-corrected chi connectivity index (χ4v) is 3.23. The topological polar surface area (TPSA) is 33.7 Å². The Hall–Kier alpha value is -1.26. The van der Waals surface area contributed by atoms with E-state index in [4.69, 9.17) is 9.47 Å². The lowest BCUT2D eigenvalue weighted by Crippen LogP contribution is -2.45. The molecule has 1 aromatic rings. The Labute approximate surface area is 127 Å². The summed E-state index contributed by atoms with van der Waals surface area (Å²) in [6, 6.07) is 6.73. The lowest BCUT2D eigenvalue weighted by molar-refractivity contribution is 0.157. The largest absolute Gasteiger partial charge is 0.497 e. The molecule has 0 unspecified atom stereocenters. The van der Waals surface area contributed by atoms with Crippen LogP contribution in [0.25, 0.3) is 0 Å². The van der Waals surface area contributed by atoms with E-state index in [9.17, 15) is 0 Å². The Bertz CT molecular complexity index is 468. The van der Waals surface area contributed by atoms with Crippen molar-refractivity contribution in [1.82, 2.24) is 10.2 Å². The minimum absolute atomic E-state index is 0.473. The molecule has 0 radical (unpaired) electrons. The fourth-order valence-electron chi connectivity index (χ4n) is 3.23. The number of ether oxygens (including phenoxy) is 2. The minimum atomic E-state index is 0.473. The third kappa shape index (κ3) is 3.50. The maximum absolute atomic E-state index is 5.64. The van der Waals surface area contributed by atoms with Crippen LogP contribution in [-0.4, -0.2) is 45.3 Å². The second kappa shape index (κ2) is 6.67. The third-order valence-electron chi connectivity index (χ3n) is 4.65. The number of methoxy groups -OCH3 is 2. The van der Waals surface area contributed by atoms with Crippen LogP contribution in [0.5, 0.6) is 11.5 Å². The second-order valence-corrected chi connectivity index (χ2v) is 6.09. The van der Waals surface area contributed by atoms with Crippen LogP contribution < -0.4 is 14.8 Å². The maximum Gasteiger partial charge on any atom is 0.127 e. The zero-order valence-electron chi connectivity index (χ0n) is 13.1. The minimum Gasteiger partial charge on any atom is -0.497 e. The van der Waals surface area contributed by atoms with Gasteiger partial charge in [0.25, 0.3) is 0 Å². The molecule has 0 aromatic heterocycles. The van der Waals surface area contributed by atoms with Crippen molar-refractivity contribution < 1.29 is 9.47 Å². The summed E-state index contributed by atoms with van der Waals surface area (Å²) in [5.74, 6) is 2.72. The van der Waals surface area contributed by atoms with Crippen molar-refractivity contribution in [3.05, 3.63) is 23.8 Å². The van der Waals surface area contributed by atoms with Crippen molar-refractivity contribution >= 4 is 0 Å². The van der Waals surface area contributed by atoms with Gasteiger partial charge in [0.2, 0.25) is 0 Å². The highest BCUT2D eigenvalue weighted by atomic mass is 16.5. The highest BCUT2D eigenvalue weighted by molar-refractivity contribution is 5.42. The van der Waals surface area contributed by atoms with Gasteiger partial charge in [0.05, 0.1) is 14.2 Å². The van der Waals surface area contributed by atoms with Crippen LogP contribution in [-0.2, 0) is 0 Å². The maximum atomic E-state index is 5.64. The predicted molar refractivity (Wildman–Crippen MR) is 84.1 cm³/mol. The zero-order valence-corrected chi connectivity index (χ0v) is 13.1. The van der Waals surface area contributed by atoms with Crippen LogP contribution in [0.4, 0.5) is 0 Å². The average molecular weight is 290 g/mol. The molecule has 0 amide bonds. The van der Waals surface area contributed by atoms with Gasteiger partial charge in [-0.1, -0.05) is 18.9 Å². The first kappa shape index (κ1) is 14.7. The van der Waals surface area contributed by atoms with E-state index in [2.05, 4.69) is 22.3 Å². The summed E-state index contributed by atoms with van der Waals surface area (Å²) in [4.78, 5) is 2.61. The normalized spacial score (nSPS) is 21.0. The first-order valence-electron chi connectivity index (χ1n) is 7.98. The third-order valence-corrected chi connectivity index (χ3v) is 4.65. The highest BCUT2D eigenvalue weighted by Crippen LogP contribution is 2.43. The molecule has 21 heavy (non-hydrogen) atoms. The molecule has 1 aromatic carbocycles. The molecule has 4 heteroatoms. The molecule has 1 N–H and O–H groups in total. The lowest BCUT2D eigenvalue weighted by atomic mass is 9.97. The molecule has 2 aliphatic rings. The van der Waals surface area contributed by atoms with Gasteiger partial charge in [-0.05, 0) is 18.4 Å². The van der Waals surface area contributed by atoms with E-state index in [1.165, 1.54) is 24.8 Å². The van der Waals surface area contributed by atoms with Gasteiger partial charge in [0.1, 0.15) is 11.5 Å². The van der Waals surface area contributed by atoms with E-state index in [1.807, 2.05) is 6.07 Å². The molecular formula is C17H26N2O2. The van der Waals surface area contributed by atoms with Crippen molar-refractivity contribution in [2.45, 2.75) is 25.3 Å². The molecule has 4 nitrogen and oxygen atoms in total. The first-order valence-corrected chi connectivity index (χ1v) is 7.98. The Morgan fingerprint density at radius 1 is 1.19 bits per heavy atom. The van der Waals surface area contributed by atoms with E-state index in [-0.39, 0.29) is 0 Å². The van der Waals surface area contributed by atoms with Crippen LogP contribution in [0.1, 0.15) is 30.9 Å². The number of hydrogen-bond acceptors (Lipinski definition) is 4. The van der Waals surface area contributed by atoms with Crippen molar-refractivity contribution in [2.24, 2.45) is 5.92 Å². The standard InChI is InChI=1S/C17H26N2O2/c1-20-14-5-6-15(17(12-14)21-2)16(11-13-3-4-13)19-9-7-18-8-10-19/h5-6,12-13,16,18H,3-4,7-11H2,1-2H3/t16-/m0/s1. The van der Waals surface area contributed by atoms with Gasteiger partial charge in [0.15, 0.2) is 0 Å². The first-order chi connectivity index (χ1) is 10.3. The van der Waals surface area contributed by atoms with E-state index in [0.717, 1.165) is 43.6 Å². The fraction of sp³-hybridized carbons (Fsp3) is 0.647. The molecule has 1 saturated carbocycles. The van der Waals surface area contributed by atoms with E-state index in [0.29, 0.717) is 6.04 Å². The molecule has 116 valence electrons. The summed E-state index contributed by atoms with van der Waals surface area (Å²) < 4.78 is 11.0. The average Bonchev–Trinajstić information content (AvgIpc) is 3.37. The number of piperazine rings is 1. The smallest absolute Gasteiger partial charge is 0.127 e. The van der Waals surface area contributed by atoms with Crippen molar-refractivity contribution in [2.75, 3.05) is 40.4 Å². The Morgan fingerprint density at radius 2 is 1.95 bits per heavy atom. The van der Waals surface area contributed by atoms with Gasteiger partial charge in [0, 0.05) is 43.9 Å². The van der Waals surface area contributed by atoms with E-state index in [1.54, 1.807) is 14.2 Å². The molecule has 1 atom stereocenters. The number of nitrogens with zero attached hydrogens (tertiary/aromatic N) is 1. The van der Waals surface area contributed by atoms with Crippen LogP contribution in [0.15, 0.2) is 18.2 Å². The summed E-state index contributed by atoms with van der Waals surface area (Å²) in [6.45, 7) is 4.40. The second-order valence-electron chi connectivity index (χ2n) is 6.09. The van der Waals surface area contributed by atoms with Crippen molar-refractivity contribution in [3.63, 3.8) is 0 Å². The Balaban J connectivity index is 1.86. The monoisotopic (exact) mass is 290 g/mol. The van der Waals surface area contributed by atoms with Crippen molar-refractivity contribution in [3.8, 4) is 11.5 Å². The highest BCUT2D eigenvalue weighted by Gasteiger charge is 2.32. The summed E-state index contributed by atoms with van der Waals surface area (Å²) in [7, 11) is 3.46. The lowest BCUT2D eigenvalue weighted by Gasteiger charge is -2.36. The Morgan fingerprint density at radius 3 is 2.57 bits per heavy atom. The molecule has 2 fully saturated rings. The number of nitrogens with one attached hydrogen (secondary N) is 1. The van der Waals surface area contributed by atoms with Crippen LogP contribution in [0, 0.1) is 5.92 Å². The molecule has 1 aliphatic heterocycles. The van der Waals surface area contributed by atoms with Gasteiger partial charge in [-0.3, -0.25) is 4.90 Å². The molecule has 0 bridgehead atoms. The van der Waals surface area contributed by atoms with Gasteiger partial charge in [-0.2, -0.15) is 0 Å². The molecular weight excluding hydrogens is 264 g/mol. The quantitative estimate of drug-likeness (QED) is 0.872. The summed E-state index contributed by atoms with van der Waals surface area (Å²) in [6.07, 6.45) is 4.03. The number of rotatable bonds is 6. The SMILES string of the molecule is COc1ccc([C@H](CC2CC2)N2CCNCC2)c(OC)c1. The van der Waals surface area contributed by atoms with Crippen molar-refractivity contribution in [1.29, 1.82) is 0 Å². The van der Waals surface area contributed by atoms with Gasteiger partial charge < -0.3 is 14.8 Å². The summed E-state index contributed by atoms with van der Waals surface area (Å²) >= 11 is 0. The molecule has 0 spiro atoms. The summed E-state index contributed by atoms with van der Waals surface area (Å²) in [5.41, 5.74) is 1.31. The molecule has 3 rings (SSSR count). The van der Waals surface area contributed by atoms with Crippen LogP contribution in [0.3, 0.4) is 0 Å². The molecule has 1 saturated heterocycles. The molecule has 1 aliphatic carbocycles. The summed E-state index contributed by atoms with van der Waals surface area (Å²) in [5, 5.41) is 3.44. The van der Waals surface area contributed by atoms with Gasteiger partial charge >= 0.3 is 0 Å². The number of hydrogen-bond donors (Lipinski definition) is 1. The van der Waals surface area contributed by atoms with Crippen LogP contribution in [0.2, 0.25) is 0 Å². The Kier molecular flexibility index (Phi) is 4.66. The van der Waals surface area contributed by atoms with E-state index < -0.39 is 0 Å². The zero-order chi connectivity index (χ0) is 14.7.